The van der Waals surface area contributed by atoms with E-state index in [4.69, 9.17) is 23.2 Å². The van der Waals surface area contributed by atoms with Gasteiger partial charge in [0.05, 0.1) is 6.54 Å². The Kier molecular flexibility index (Phi) is 5.63. The van der Waals surface area contributed by atoms with Gasteiger partial charge in [-0.1, -0.05) is 30.3 Å². The van der Waals surface area contributed by atoms with Crippen LogP contribution in [-0.2, 0) is 19.6 Å². The number of rotatable bonds is 6. The molecule has 1 aromatic heterocycles. The molecule has 0 N–H and O–H groups in total. The van der Waals surface area contributed by atoms with Crippen molar-refractivity contribution in [2.45, 2.75) is 19.6 Å². The third-order valence-electron chi connectivity index (χ3n) is 3.19. The minimum absolute atomic E-state index is 0.0383. The van der Waals surface area contributed by atoms with Gasteiger partial charge >= 0.3 is 17.1 Å². The molecule has 6 nitrogen and oxygen atoms in total. The largest absolute Gasteiger partial charge is 0.336 e. The zero-order chi connectivity index (χ0) is 16.1. The Morgan fingerprint density at radius 3 is 1.64 bits per heavy atom. The molecule has 0 aliphatic carbocycles. The number of aromatic nitrogens is 3. The monoisotopic (exact) mass is 343 g/mol. The molecule has 0 aliphatic heterocycles. The lowest BCUT2D eigenvalue weighted by Gasteiger charge is -2.12. The van der Waals surface area contributed by atoms with Crippen LogP contribution in [0.1, 0.15) is 5.56 Å². The van der Waals surface area contributed by atoms with Crippen LogP contribution in [0.2, 0.25) is 0 Å². The number of nitrogens with zero attached hydrogens (tertiary/aromatic N) is 3. The molecule has 1 heterocycles. The first kappa shape index (κ1) is 16.6. The average molecular weight is 344 g/mol. The van der Waals surface area contributed by atoms with Crippen molar-refractivity contribution in [2.24, 2.45) is 0 Å². The Labute approximate surface area is 136 Å². The minimum atomic E-state index is -0.680. The number of hydrogen-bond acceptors (Lipinski definition) is 3. The molecule has 118 valence electrons. The van der Waals surface area contributed by atoms with E-state index in [1.807, 2.05) is 18.2 Å². The zero-order valence-corrected chi connectivity index (χ0v) is 13.3. The van der Waals surface area contributed by atoms with Crippen molar-refractivity contribution in [3.05, 3.63) is 67.3 Å². The molecule has 0 fully saturated rings. The fraction of sp³-hybridized carbons (Fsp3) is 0.357. The molecule has 0 unspecified atom stereocenters. The Balaban J connectivity index is 2.64. The van der Waals surface area contributed by atoms with Crippen molar-refractivity contribution in [1.82, 2.24) is 13.7 Å². The molecule has 1 aromatic carbocycles. The van der Waals surface area contributed by atoms with Gasteiger partial charge in [0.25, 0.3) is 0 Å². The normalized spacial score (nSPS) is 10.8. The molecular formula is C14H15Cl2N3O3. The third kappa shape index (κ3) is 3.34. The number of benzene rings is 1. The summed E-state index contributed by atoms with van der Waals surface area (Å²) in [5.41, 5.74) is -1.22. The molecule has 8 heteroatoms. The van der Waals surface area contributed by atoms with Gasteiger partial charge in [0, 0.05) is 24.8 Å². The maximum atomic E-state index is 12.4. The van der Waals surface area contributed by atoms with E-state index in [2.05, 4.69) is 0 Å². The SMILES string of the molecule is O=c1n(CCCl)c(=O)n(Cc2ccccc2)c(=O)n1CCCl. The molecule has 2 rings (SSSR count). The molecule has 0 spiro atoms. The fourth-order valence-electron chi connectivity index (χ4n) is 2.14. The van der Waals surface area contributed by atoms with Gasteiger partial charge in [-0.3, -0.25) is 0 Å². The second-order valence-electron chi connectivity index (χ2n) is 4.60. The minimum Gasteiger partial charge on any atom is -0.247 e. The lowest BCUT2D eigenvalue weighted by Crippen LogP contribution is -2.55. The van der Waals surface area contributed by atoms with Crippen LogP contribution in [0.4, 0.5) is 0 Å². The van der Waals surface area contributed by atoms with E-state index in [0.717, 1.165) is 19.3 Å². The first-order valence-corrected chi connectivity index (χ1v) is 7.77. The van der Waals surface area contributed by atoms with Gasteiger partial charge in [0.1, 0.15) is 0 Å². The van der Waals surface area contributed by atoms with Crippen LogP contribution < -0.4 is 17.1 Å². The second kappa shape index (κ2) is 7.47. The van der Waals surface area contributed by atoms with Gasteiger partial charge in [0.15, 0.2) is 0 Å². The van der Waals surface area contributed by atoms with Crippen molar-refractivity contribution in [3.8, 4) is 0 Å². The quantitative estimate of drug-likeness (QED) is 0.725. The zero-order valence-electron chi connectivity index (χ0n) is 11.7. The van der Waals surface area contributed by atoms with Crippen LogP contribution in [0.25, 0.3) is 0 Å². The Morgan fingerprint density at radius 1 is 0.727 bits per heavy atom. The van der Waals surface area contributed by atoms with Gasteiger partial charge in [-0.25, -0.2) is 28.1 Å². The predicted octanol–water partition coefficient (Wildman–Crippen LogP) is 0.698. The molecule has 0 atom stereocenters. The summed E-state index contributed by atoms with van der Waals surface area (Å²) in [5, 5.41) is 0. The Hall–Kier alpha value is -1.79. The molecule has 0 saturated heterocycles. The smallest absolute Gasteiger partial charge is 0.247 e. The highest BCUT2D eigenvalue weighted by molar-refractivity contribution is 6.18. The van der Waals surface area contributed by atoms with E-state index in [0.29, 0.717) is 0 Å². The second-order valence-corrected chi connectivity index (χ2v) is 5.36. The van der Waals surface area contributed by atoms with Gasteiger partial charge in [-0.15, -0.1) is 23.2 Å². The van der Waals surface area contributed by atoms with Crippen LogP contribution >= 0.6 is 23.2 Å². The van der Waals surface area contributed by atoms with E-state index in [9.17, 15) is 14.4 Å². The first-order valence-electron chi connectivity index (χ1n) is 6.70. The lowest BCUT2D eigenvalue weighted by molar-refractivity contribution is 0.480. The summed E-state index contributed by atoms with van der Waals surface area (Å²) in [6.07, 6.45) is 0. The molecular weight excluding hydrogens is 329 g/mol. The standard InChI is InChI=1S/C14H15Cl2N3O3/c15-6-8-17-12(20)18(9-7-16)14(22)19(13(17)21)10-11-4-2-1-3-5-11/h1-5H,6-10H2. The van der Waals surface area contributed by atoms with E-state index in [1.165, 1.54) is 0 Å². The molecule has 22 heavy (non-hydrogen) atoms. The maximum absolute atomic E-state index is 12.4. The summed E-state index contributed by atoms with van der Waals surface area (Å²) in [4.78, 5) is 37.0. The molecule has 2 aromatic rings. The lowest BCUT2D eigenvalue weighted by atomic mass is 10.2. The van der Waals surface area contributed by atoms with E-state index < -0.39 is 17.1 Å². The molecule has 0 radical (unpaired) electrons. The maximum Gasteiger partial charge on any atom is 0.336 e. The van der Waals surface area contributed by atoms with Crippen LogP contribution in [0.3, 0.4) is 0 Å². The summed E-state index contributed by atoms with van der Waals surface area (Å²) < 4.78 is 2.95. The number of hydrogen-bond donors (Lipinski definition) is 0. The highest BCUT2D eigenvalue weighted by Gasteiger charge is 2.15. The highest BCUT2D eigenvalue weighted by atomic mass is 35.5. The third-order valence-corrected chi connectivity index (χ3v) is 3.52. The summed E-state index contributed by atoms with van der Waals surface area (Å²) in [7, 11) is 0. The van der Waals surface area contributed by atoms with Gasteiger partial charge < -0.3 is 0 Å². The van der Waals surface area contributed by atoms with Gasteiger partial charge in [0.2, 0.25) is 0 Å². The fourth-order valence-corrected chi connectivity index (χ4v) is 2.47. The molecule has 0 bridgehead atoms. The Bertz CT molecular complexity index is 765. The Morgan fingerprint density at radius 2 is 1.18 bits per heavy atom. The molecule has 0 saturated carbocycles. The van der Waals surface area contributed by atoms with Crippen molar-refractivity contribution >= 4 is 23.2 Å². The van der Waals surface area contributed by atoms with Crippen molar-refractivity contribution in [1.29, 1.82) is 0 Å². The topological polar surface area (TPSA) is 66.0 Å². The first-order chi connectivity index (χ1) is 10.6. The summed E-state index contributed by atoms with van der Waals surface area (Å²) in [5.74, 6) is 0.194. The number of alkyl halides is 2. The highest BCUT2D eigenvalue weighted by Crippen LogP contribution is 1.98. The van der Waals surface area contributed by atoms with Crippen LogP contribution in [0.5, 0.6) is 0 Å². The molecule has 0 amide bonds. The summed E-state index contributed by atoms with van der Waals surface area (Å²) in [6, 6.07) is 9.06. The van der Waals surface area contributed by atoms with Crippen LogP contribution in [0.15, 0.2) is 44.7 Å². The summed E-state index contributed by atoms with van der Waals surface area (Å²) >= 11 is 11.3. The molecule has 0 aliphatic rings. The van der Waals surface area contributed by atoms with Crippen LogP contribution in [-0.4, -0.2) is 25.5 Å². The van der Waals surface area contributed by atoms with Crippen molar-refractivity contribution in [2.75, 3.05) is 11.8 Å². The predicted molar refractivity (Wildman–Crippen MR) is 86.2 cm³/mol. The average Bonchev–Trinajstić information content (AvgIpc) is 2.53. The van der Waals surface area contributed by atoms with E-state index >= 15 is 0 Å². The van der Waals surface area contributed by atoms with Crippen molar-refractivity contribution < 1.29 is 0 Å². The van der Waals surface area contributed by atoms with E-state index in [1.54, 1.807) is 12.1 Å². The number of halogens is 2. The van der Waals surface area contributed by atoms with E-state index in [-0.39, 0.29) is 31.4 Å². The van der Waals surface area contributed by atoms with Gasteiger partial charge in [-0.2, -0.15) is 0 Å². The summed E-state index contributed by atoms with van der Waals surface area (Å²) in [6.45, 7) is 0.163. The van der Waals surface area contributed by atoms with Crippen LogP contribution in [0, 0.1) is 0 Å². The van der Waals surface area contributed by atoms with Gasteiger partial charge in [-0.05, 0) is 5.56 Å². The van der Waals surface area contributed by atoms with Crippen molar-refractivity contribution in [3.63, 3.8) is 0 Å².